The lowest BCUT2D eigenvalue weighted by atomic mass is 10.3. The van der Waals surface area contributed by atoms with Gasteiger partial charge in [-0.05, 0) is 19.9 Å². The molecule has 1 N–H and O–H groups in total. The number of aromatic amines is 1. The van der Waals surface area contributed by atoms with Crippen LogP contribution in [0.3, 0.4) is 0 Å². The minimum absolute atomic E-state index is 1.12. The van der Waals surface area contributed by atoms with Crippen LogP contribution in [0.1, 0.15) is 10.6 Å². The zero-order valence-corrected chi connectivity index (χ0v) is 6.75. The molecule has 0 aliphatic carbocycles. The van der Waals surface area contributed by atoms with E-state index in [2.05, 4.69) is 23.2 Å². The summed E-state index contributed by atoms with van der Waals surface area (Å²) in [6.07, 6.45) is 0. The molecule has 0 spiro atoms. The summed E-state index contributed by atoms with van der Waals surface area (Å²) in [4.78, 5) is 2.45. The molecule has 0 saturated carbocycles. The number of rotatable bonds is 0. The quantitative estimate of drug-likeness (QED) is 0.616. The van der Waals surface area contributed by atoms with Gasteiger partial charge in [0.1, 0.15) is 4.83 Å². The van der Waals surface area contributed by atoms with Crippen molar-refractivity contribution < 1.29 is 0 Å². The van der Waals surface area contributed by atoms with Crippen LogP contribution in [0.5, 0.6) is 0 Å². The van der Waals surface area contributed by atoms with Gasteiger partial charge in [-0.15, -0.1) is 11.3 Å². The minimum Gasteiger partial charge on any atom is -0.281 e. The second kappa shape index (κ2) is 1.83. The minimum atomic E-state index is 1.12. The third kappa shape index (κ3) is 0.671. The Morgan fingerprint density at radius 2 is 2.30 bits per heavy atom. The first-order valence-corrected chi connectivity index (χ1v) is 4.00. The van der Waals surface area contributed by atoms with Gasteiger partial charge < -0.3 is 0 Å². The van der Waals surface area contributed by atoms with Gasteiger partial charge in [0.2, 0.25) is 0 Å². The Morgan fingerprint density at radius 1 is 1.50 bits per heavy atom. The fourth-order valence-electron chi connectivity index (χ4n) is 1.05. The molecule has 10 heavy (non-hydrogen) atoms. The molecule has 2 rings (SSSR count). The van der Waals surface area contributed by atoms with E-state index in [1.807, 2.05) is 6.92 Å². The molecule has 2 aromatic rings. The van der Waals surface area contributed by atoms with Crippen LogP contribution in [0, 0.1) is 13.8 Å². The molecule has 3 heteroatoms. The third-order valence-corrected chi connectivity index (χ3v) is 2.51. The predicted molar refractivity (Wildman–Crippen MR) is 43.4 cm³/mol. The number of H-pyrrole nitrogens is 1. The molecule has 2 aromatic heterocycles. The predicted octanol–water partition coefficient (Wildman–Crippen LogP) is 2.24. The van der Waals surface area contributed by atoms with E-state index >= 15 is 0 Å². The van der Waals surface area contributed by atoms with Crippen LogP contribution in [0.15, 0.2) is 6.07 Å². The first-order chi connectivity index (χ1) is 4.77. The molecule has 0 aliphatic rings. The van der Waals surface area contributed by atoms with E-state index in [9.17, 15) is 0 Å². The van der Waals surface area contributed by atoms with Crippen molar-refractivity contribution in [2.75, 3.05) is 0 Å². The first kappa shape index (κ1) is 5.92. The largest absolute Gasteiger partial charge is 0.281 e. The van der Waals surface area contributed by atoms with E-state index in [0.29, 0.717) is 0 Å². The molecule has 0 aromatic carbocycles. The maximum atomic E-state index is 4.13. The topological polar surface area (TPSA) is 28.7 Å². The van der Waals surface area contributed by atoms with Gasteiger partial charge in [0.25, 0.3) is 0 Å². The van der Waals surface area contributed by atoms with E-state index in [1.54, 1.807) is 11.3 Å². The number of hydrogen-bond donors (Lipinski definition) is 1. The summed E-state index contributed by atoms with van der Waals surface area (Å²) in [5, 5.41) is 8.34. The zero-order chi connectivity index (χ0) is 7.14. The summed E-state index contributed by atoms with van der Waals surface area (Å²) < 4.78 is 0. The lowest BCUT2D eigenvalue weighted by Gasteiger charge is -1.77. The van der Waals surface area contributed by atoms with Crippen LogP contribution in [0.25, 0.3) is 10.2 Å². The van der Waals surface area contributed by atoms with E-state index in [4.69, 9.17) is 0 Å². The number of aromatic nitrogens is 2. The van der Waals surface area contributed by atoms with Gasteiger partial charge >= 0.3 is 0 Å². The van der Waals surface area contributed by atoms with Crippen molar-refractivity contribution in [2.45, 2.75) is 13.8 Å². The Bertz CT molecular complexity index is 358. The second-order valence-electron chi connectivity index (χ2n) is 2.42. The van der Waals surface area contributed by atoms with Gasteiger partial charge in [-0.1, -0.05) is 0 Å². The van der Waals surface area contributed by atoms with Gasteiger partial charge in [0, 0.05) is 16.0 Å². The van der Waals surface area contributed by atoms with Gasteiger partial charge in [-0.2, -0.15) is 5.10 Å². The maximum Gasteiger partial charge on any atom is 0.145 e. The molecule has 2 heterocycles. The smallest absolute Gasteiger partial charge is 0.145 e. The number of thiophene rings is 1. The Kier molecular flexibility index (Phi) is 1.08. The summed E-state index contributed by atoms with van der Waals surface area (Å²) in [5.74, 6) is 0. The molecular weight excluding hydrogens is 144 g/mol. The maximum absolute atomic E-state index is 4.13. The Hall–Kier alpha value is -0.830. The molecule has 0 aliphatic heterocycles. The highest BCUT2D eigenvalue weighted by atomic mass is 32.1. The number of nitrogens with one attached hydrogen (secondary N) is 1. The van der Waals surface area contributed by atoms with E-state index in [-0.39, 0.29) is 0 Å². The standard InChI is InChI=1S/C7H8N2S/c1-4-3-6-5(2)8-9-7(6)10-4/h3H,1-2H3,(H,8,9). The van der Waals surface area contributed by atoms with Crippen molar-refractivity contribution in [2.24, 2.45) is 0 Å². The van der Waals surface area contributed by atoms with Crippen LogP contribution in [-0.2, 0) is 0 Å². The molecular formula is C7H8N2S. The molecule has 2 nitrogen and oxygen atoms in total. The number of nitrogens with zero attached hydrogens (tertiary/aromatic N) is 1. The van der Waals surface area contributed by atoms with E-state index < -0.39 is 0 Å². The Morgan fingerprint density at radius 3 is 3.00 bits per heavy atom. The number of aryl methyl sites for hydroxylation is 2. The fraction of sp³-hybridized carbons (Fsp3) is 0.286. The van der Waals surface area contributed by atoms with Gasteiger partial charge in [0.05, 0.1) is 0 Å². The molecule has 0 unspecified atom stereocenters. The van der Waals surface area contributed by atoms with Crippen LogP contribution < -0.4 is 0 Å². The van der Waals surface area contributed by atoms with Crippen molar-refractivity contribution >= 4 is 21.6 Å². The van der Waals surface area contributed by atoms with Gasteiger partial charge in [-0.3, -0.25) is 5.10 Å². The molecule has 0 atom stereocenters. The highest BCUT2D eigenvalue weighted by molar-refractivity contribution is 7.18. The van der Waals surface area contributed by atoms with Crippen LogP contribution in [0.4, 0.5) is 0 Å². The highest BCUT2D eigenvalue weighted by Gasteiger charge is 2.02. The van der Waals surface area contributed by atoms with Gasteiger partial charge in [-0.25, -0.2) is 0 Å². The molecule has 0 bridgehead atoms. The highest BCUT2D eigenvalue weighted by Crippen LogP contribution is 2.24. The lowest BCUT2D eigenvalue weighted by molar-refractivity contribution is 1.07. The number of hydrogen-bond acceptors (Lipinski definition) is 2. The first-order valence-electron chi connectivity index (χ1n) is 3.18. The summed E-state index contributed by atoms with van der Waals surface area (Å²) in [6.45, 7) is 4.15. The van der Waals surface area contributed by atoms with E-state index in [0.717, 1.165) is 4.83 Å². The molecule has 0 saturated heterocycles. The normalized spacial score (nSPS) is 11.0. The van der Waals surface area contributed by atoms with Crippen molar-refractivity contribution in [1.29, 1.82) is 0 Å². The third-order valence-electron chi connectivity index (χ3n) is 1.56. The second-order valence-corrected chi connectivity index (χ2v) is 3.66. The SMILES string of the molecule is Cc1cc2c(C)[nH]nc2s1. The fourth-order valence-corrected chi connectivity index (χ4v) is 1.94. The zero-order valence-electron chi connectivity index (χ0n) is 5.93. The van der Waals surface area contributed by atoms with Crippen LogP contribution in [-0.4, -0.2) is 10.2 Å². The average molecular weight is 152 g/mol. The molecule has 0 fully saturated rings. The van der Waals surface area contributed by atoms with Crippen LogP contribution in [0.2, 0.25) is 0 Å². The Labute approximate surface area is 62.9 Å². The van der Waals surface area contributed by atoms with Crippen molar-refractivity contribution in [1.82, 2.24) is 10.2 Å². The summed E-state index contributed by atoms with van der Waals surface area (Å²) in [7, 11) is 0. The van der Waals surface area contributed by atoms with Gasteiger partial charge in [0.15, 0.2) is 0 Å². The summed E-state index contributed by atoms with van der Waals surface area (Å²) >= 11 is 1.73. The monoisotopic (exact) mass is 152 g/mol. The summed E-state index contributed by atoms with van der Waals surface area (Å²) in [6, 6.07) is 2.17. The van der Waals surface area contributed by atoms with Crippen molar-refractivity contribution in [3.05, 3.63) is 16.6 Å². The Balaban J connectivity index is 2.90. The lowest BCUT2D eigenvalue weighted by Crippen LogP contribution is -1.68. The number of fused-ring (bicyclic) bond motifs is 1. The molecule has 0 amide bonds. The van der Waals surface area contributed by atoms with E-state index in [1.165, 1.54) is 16.0 Å². The van der Waals surface area contributed by atoms with Crippen molar-refractivity contribution in [3.8, 4) is 0 Å². The average Bonchev–Trinajstić information content (AvgIpc) is 2.35. The van der Waals surface area contributed by atoms with Crippen LogP contribution >= 0.6 is 11.3 Å². The van der Waals surface area contributed by atoms with Crippen molar-refractivity contribution in [3.63, 3.8) is 0 Å². The summed E-state index contributed by atoms with van der Waals surface area (Å²) in [5.41, 5.74) is 1.17. The molecule has 52 valence electrons. The molecule has 0 radical (unpaired) electrons.